The van der Waals surface area contributed by atoms with Crippen molar-refractivity contribution in [2.45, 2.75) is 37.9 Å². The van der Waals surface area contributed by atoms with Gasteiger partial charge in [0, 0.05) is 18.7 Å². The van der Waals surface area contributed by atoms with Crippen LogP contribution in [0.25, 0.3) is 11.3 Å². The van der Waals surface area contributed by atoms with E-state index in [9.17, 15) is 15.2 Å². The molecule has 4 heterocycles. The van der Waals surface area contributed by atoms with Crippen molar-refractivity contribution < 1.29 is 14.6 Å². The zero-order chi connectivity index (χ0) is 27.9. The number of nitriles is 1. The number of hydrogen-bond acceptors (Lipinski definition) is 11. The summed E-state index contributed by atoms with van der Waals surface area (Å²) in [5.41, 5.74) is 3.36. The Hall–Kier alpha value is -4.89. The first-order valence-corrected chi connectivity index (χ1v) is 13.0. The molecular formula is C28H29N9O3. The molecule has 1 aromatic carbocycles. The number of ether oxygens (including phenoxy) is 1. The van der Waals surface area contributed by atoms with Gasteiger partial charge in [0.25, 0.3) is 0 Å². The molecule has 3 aromatic rings. The first-order valence-electron chi connectivity index (χ1n) is 13.0. The van der Waals surface area contributed by atoms with Crippen LogP contribution in [0.2, 0.25) is 0 Å². The minimum absolute atomic E-state index is 0.0788. The Morgan fingerprint density at radius 3 is 2.88 bits per heavy atom. The highest BCUT2D eigenvalue weighted by Gasteiger charge is 2.31. The Morgan fingerprint density at radius 2 is 2.10 bits per heavy atom. The van der Waals surface area contributed by atoms with E-state index in [1.807, 2.05) is 29.2 Å². The summed E-state index contributed by atoms with van der Waals surface area (Å²) < 4.78 is 5.47. The molecule has 0 spiro atoms. The van der Waals surface area contributed by atoms with Gasteiger partial charge in [-0.05, 0) is 49.6 Å². The van der Waals surface area contributed by atoms with Gasteiger partial charge in [-0.2, -0.15) is 10.4 Å². The first-order chi connectivity index (χ1) is 19.5. The van der Waals surface area contributed by atoms with Gasteiger partial charge in [-0.1, -0.05) is 18.2 Å². The Labute approximate surface area is 231 Å². The third kappa shape index (κ3) is 6.22. The van der Waals surface area contributed by atoms with E-state index in [1.165, 1.54) is 6.21 Å². The summed E-state index contributed by atoms with van der Waals surface area (Å²) in [6, 6.07) is 16.1. The Balaban J connectivity index is 1.38. The molecule has 0 aliphatic carbocycles. The lowest BCUT2D eigenvalue weighted by Gasteiger charge is -2.22. The summed E-state index contributed by atoms with van der Waals surface area (Å²) in [5, 5.41) is 26.1. The van der Waals surface area contributed by atoms with Gasteiger partial charge >= 0.3 is 5.97 Å². The summed E-state index contributed by atoms with van der Waals surface area (Å²) in [5.74, 6) is 5.93. The predicted molar refractivity (Wildman–Crippen MR) is 150 cm³/mol. The summed E-state index contributed by atoms with van der Waals surface area (Å²) >= 11 is 0. The molecule has 0 saturated carbocycles. The van der Waals surface area contributed by atoms with Gasteiger partial charge in [0.1, 0.15) is 17.6 Å². The Morgan fingerprint density at radius 1 is 1.23 bits per heavy atom. The highest BCUT2D eigenvalue weighted by atomic mass is 16.5. The van der Waals surface area contributed by atoms with Crippen LogP contribution in [0.3, 0.4) is 0 Å². The SMILES string of the molecule is N#Cc1cccc(-c2cc(/C(C=NCc3cccc(N4CCC[C@H]4C(=O)O)n3)=N/N)nc(N[C@@H]3CCOC3)n2)c1. The molecule has 4 N–H and O–H groups in total. The van der Waals surface area contributed by atoms with E-state index >= 15 is 0 Å². The molecule has 204 valence electrons. The van der Waals surface area contributed by atoms with Gasteiger partial charge in [0.2, 0.25) is 5.95 Å². The van der Waals surface area contributed by atoms with Gasteiger partial charge in [-0.15, -0.1) is 0 Å². The van der Waals surface area contributed by atoms with E-state index in [2.05, 4.69) is 36.4 Å². The van der Waals surface area contributed by atoms with Crippen molar-refractivity contribution in [3.8, 4) is 17.3 Å². The van der Waals surface area contributed by atoms with Crippen molar-refractivity contribution in [1.29, 1.82) is 5.26 Å². The molecular weight excluding hydrogens is 510 g/mol. The number of aliphatic imine (C=N–C) groups is 1. The molecule has 2 aliphatic rings. The van der Waals surface area contributed by atoms with E-state index in [0.717, 1.165) is 18.4 Å². The molecule has 2 aliphatic heterocycles. The predicted octanol–water partition coefficient (Wildman–Crippen LogP) is 2.60. The van der Waals surface area contributed by atoms with Crippen LogP contribution in [-0.2, 0) is 16.1 Å². The zero-order valence-corrected chi connectivity index (χ0v) is 21.8. The minimum Gasteiger partial charge on any atom is -0.480 e. The largest absolute Gasteiger partial charge is 0.480 e. The van der Waals surface area contributed by atoms with E-state index in [-0.39, 0.29) is 12.6 Å². The standard InChI is InChI=1S/C28H29N9O3/c29-14-18-4-1-5-19(12-18)22-13-23(35-28(34-22)33-21-9-11-40-17-21)24(36-30)16-31-15-20-6-2-8-26(32-20)37-10-3-7-25(37)27(38)39/h1-2,4-6,8,12-13,16,21,25H,3,7,9-11,15,17,30H2,(H,38,39)(H,33,34,35)/b31-16?,36-24+/t21-,25+/m1/s1. The molecule has 0 unspecified atom stereocenters. The Kier molecular flexibility index (Phi) is 8.22. The maximum absolute atomic E-state index is 11.6. The van der Waals surface area contributed by atoms with Crippen LogP contribution in [-0.4, -0.2) is 69.8 Å². The molecule has 12 nitrogen and oxygen atoms in total. The number of benzene rings is 1. The van der Waals surface area contributed by atoms with Gasteiger partial charge < -0.3 is 25.9 Å². The third-order valence-electron chi connectivity index (χ3n) is 6.77. The van der Waals surface area contributed by atoms with Crippen LogP contribution in [0.5, 0.6) is 0 Å². The number of pyridine rings is 1. The molecule has 12 heteroatoms. The number of aromatic nitrogens is 3. The Bertz CT molecular complexity index is 1480. The first kappa shape index (κ1) is 26.7. The van der Waals surface area contributed by atoms with Crippen molar-refractivity contribution in [2.75, 3.05) is 30.0 Å². The number of aliphatic carboxylic acids is 1. The molecule has 0 radical (unpaired) electrons. The molecule has 0 bridgehead atoms. The lowest BCUT2D eigenvalue weighted by Crippen LogP contribution is -2.36. The second-order valence-electron chi connectivity index (χ2n) is 9.52. The van der Waals surface area contributed by atoms with Gasteiger partial charge in [0.05, 0.1) is 54.1 Å². The van der Waals surface area contributed by atoms with Gasteiger partial charge in [0.15, 0.2) is 0 Å². The number of rotatable bonds is 9. The van der Waals surface area contributed by atoms with Gasteiger partial charge in [-0.3, -0.25) is 4.99 Å². The smallest absolute Gasteiger partial charge is 0.326 e. The summed E-state index contributed by atoms with van der Waals surface area (Å²) in [6.45, 7) is 2.12. The van der Waals surface area contributed by atoms with Crippen LogP contribution in [0, 0.1) is 11.3 Å². The molecule has 2 aromatic heterocycles. The van der Waals surface area contributed by atoms with Crippen LogP contribution >= 0.6 is 0 Å². The average molecular weight is 540 g/mol. The molecule has 2 saturated heterocycles. The van der Waals surface area contributed by atoms with Crippen LogP contribution < -0.4 is 16.1 Å². The monoisotopic (exact) mass is 539 g/mol. The normalized spacial score (nSPS) is 19.2. The fraction of sp³-hybridized carbons (Fsp3) is 0.321. The maximum atomic E-state index is 11.6. The molecule has 40 heavy (non-hydrogen) atoms. The van der Waals surface area contributed by atoms with Crippen molar-refractivity contribution in [1.82, 2.24) is 15.0 Å². The van der Waals surface area contributed by atoms with E-state index in [4.69, 9.17) is 10.6 Å². The average Bonchev–Trinajstić information content (AvgIpc) is 3.68. The number of carbonyl (C=O) groups is 1. The third-order valence-corrected chi connectivity index (χ3v) is 6.77. The van der Waals surface area contributed by atoms with Crippen molar-refractivity contribution >= 4 is 29.7 Å². The van der Waals surface area contributed by atoms with Crippen molar-refractivity contribution in [3.05, 3.63) is 65.5 Å². The van der Waals surface area contributed by atoms with Crippen LogP contribution in [0.1, 0.15) is 36.2 Å². The summed E-state index contributed by atoms with van der Waals surface area (Å²) in [4.78, 5) is 31.8. The second kappa shape index (κ2) is 12.3. The number of carboxylic acid groups (broad SMARTS) is 1. The highest BCUT2D eigenvalue weighted by Crippen LogP contribution is 2.25. The zero-order valence-electron chi connectivity index (χ0n) is 21.8. The number of nitrogens with one attached hydrogen (secondary N) is 1. The van der Waals surface area contributed by atoms with E-state index in [1.54, 1.807) is 24.3 Å². The fourth-order valence-electron chi connectivity index (χ4n) is 4.77. The number of nitrogens with zero attached hydrogens (tertiary/aromatic N) is 7. The lowest BCUT2D eigenvalue weighted by atomic mass is 10.1. The summed E-state index contributed by atoms with van der Waals surface area (Å²) in [7, 11) is 0. The number of carboxylic acids is 1. The molecule has 2 atom stereocenters. The molecule has 5 rings (SSSR count). The van der Waals surface area contributed by atoms with Crippen molar-refractivity contribution in [2.24, 2.45) is 15.9 Å². The highest BCUT2D eigenvalue weighted by molar-refractivity contribution is 6.37. The minimum atomic E-state index is -0.843. The number of hydrazone groups is 1. The van der Waals surface area contributed by atoms with Crippen LogP contribution in [0.4, 0.5) is 11.8 Å². The maximum Gasteiger partial charge on any atom is 0.326 e. The topological polar surface area (TPSA) is 175 Å². The molecule has 2 fully saturated rings. The summed E-state index contributed by atoms with van der Waals surface area (Å²) in [6.07, 6.45) is 3.78. The fourth-order valence-corrected chi connectivity index (χ4v) is 4.77. The van der Waals surface area contributed by atoms with Crippen LogP contribution in [0.15, 0.2) is 58.6 Å². The van der Waals surface area contributed by atoms with E-state index in [0.29, 0.717) is 66.3 Å². The molecule has 0 amide bonds. The van der Waals surface area contributed by atoms with Crippen molar-refractivity contribution in [3.63, 3.8) is 0 Å². The second-order valence-corrected chi connectivity index (χ2v) is 9.52. The number of anilines is 2. The lowest BCUT2D eigenvalue weighted by molar-refractivity contribution is -0.138. The number of hydrogen-bond donors (Lipinski definition) is 3. The van der Waals surface area contributed by atoms with Gasteiger partial charge in [-0.25, -0.2) is 19.7 Å². The number of nitrogens with two attached hydrogens (primary N) is 1. The van der Waals surface area contributed by atoms with E-state index < -0.39 is 12.0 Å². The quantitative estimate of drug-likeness (QED) is 0.208.